The van der Waals surface area contributed by atoms with Gasteiger partial charge in [-0.15, -0.1) is 5.10 Å². The van der Waals surface area contributed by atoms with E-state index in [-0.39, 0.29) is 10.5 Å². The highest BCUT2D eigenvalue weighted by molar-refractivity contribution is 7.90. The van der Waals surface area contributed by atoms with E-state index in [2.05, 4.69) is 15.4 Å². The molecule has 3 aromatic heterocycles. The summed E-state index contributed by atoms with van der Waals surface area (Å²) in [5.41, 5.74) is 4.10. The zero-order valence-corrected chi connectivity index (χ0v) is 20.3. The van der Waals surface area contributed by atoms with Gasteiger partial charge in [0.1, 0.15) is 17.0 Å². The molecule has 5 aromatic rings. The van der Waals surface area contributed by atoms with Crippen LogP contribution in [-0.2, 0) is 16.9 Å². The predicted molar refractivity (Wildman–Crippen MR) is 131 cm³/mol. The quantitative estimate of drug-likeness (QED) is 0.388. The number of aromatic amines is 1. The Morgan fingerprint density at radius 3 is 2.46 bits per heavy atom. The van der Waals surface area contributed by atoms with Crippen LogP contribution in [-0.4, -0.2) is 34.6 Å². The summed E-state index contributed by atoms with van der Waals surface area (Å²) in [5.74, 6) is 1.14. The summed E-state index contributed by atoms with van der Waals surface area (Å²) >= 11 is 0. The third kappa shape index (κ3) is 4.01. The molecule has 0 saturated heterocycles. The van der Waals surface area contributed by atoms with E-state index in [9.17, 15) is 13.2 Å². The van der Waals surface area contributed by atoms with Gasteiger partial charge in [0.25, 0.3) is 5.56 Å². The van der Waals surface area contributed by atoms with Crippen LogP contribution in [0.5, 0.6) is 11.5 Å². The van der Waals surface area contributed by atoms with Crippen LogP contribution < -0.4 is 10.3 Å². The average molecular weight is 491 g/mol. The van der Waals surface area contributed by atoms with Gasteiger partial charge in [-0.2, -0.15) is 0 Å². The number of nitrogens with one attached hydrogen (secondary N) is 1. The normalized spacial score (nSPS) is 11.8. The maximum absolute atomic E-state index is 12.9. The highest BCUT2D eigenvalue weighted by atomic mass is 32.2. The Bertz CT molecular complexity index is 1730. The van der Waals surface area contributed by atoms with E-state index in [1.165, 1.54) is 16.9 Å². The van der Waals surface area contributed by atoms with E-state index in [0.717, 1.165) is 17.4 Å². The minimum Gasteiger partial charge on any atom is -0.456 e. The van der Waals surface area contributed by atoms with Gasteiger partial charge >= 0.3 is 0 Å². The molecule has 35 heavy (non-hydrogen) atoms. The van der Waals surface area contributed by atoms with Crippen molar-refractivity contribution in [2.45, 2.75) is 18.7 Å². The van der Waals surface area contributed by atoms with E-state index in [0.29, 0.717) is 44.9 Å². The third-order valence-electron chi connectivity index (χ3n) is 5.89. The van der Waals surface area contributed by atoms with Crippen molar-refractivity contribution in [3.8, 4) is 34.0 Å². The molecule has 0 saturated carbocycles. The number of benzene rings is 2. The number of sulfone groups is 1. The van der Waals surface area contributed by atoms with Crippen molar-refractivity contribution < 1.29 is 17.7 Å². The first-order valence-electron chi connectivity index (χ1n) is 10.7. The van der Waals surface area contributed by atoms with Gasteiger partial charge in [-0.1, -0.05) is 18.2 Å². The standard InChI is InChI=1S/C25H22N4O5S/c1-14-6-5-7-15(2)24(14)34-22-9-8-16(35(4,31)32)10-17(22)19-12-29(3)25(30)23-18(19)11-20(26-23)21-13-33-28-27-21/h5-13,26H,1-4H3. The third-order valence-corrected chi connectivity index (χ3v) is 7.00. The molecular formula is C25H22N4O5S. The Morgan fingerprint density at radius 1 is 1.06 bits per heavy atom. The highest BCUT2D eigenvalue weighted by Crippen LogP contribution is 2.40. The smallest absolute Gasteiger partial charge is 0.274 e. The molecule has 0 atom stereocenters. The van der Waals surface area contributed by atoms with Crippen LogP contribution in [0.1, 0.15) is 11.1 Å². The molecule has 0 aliphatic carbocycles. The van der Waals surface area contributed by atoms with Crippen LogP contribution in [0.2, 0.25) is 0 Å². The Morgan fingerprint density at radius 2 is 1.80 bits per heavy atom. The molecule has 1 N–H and O–H groups in total. The second kappa shape index (κ2) is 8.24. The van der Waals surface area contributed by atoms with E-state index < -0.39 is 9.84 Å². The first-order chi connectivity index (χ1) is 16.6. The van der Waals surface area contributed by atoms with Crippen molar-refractivity contribution >= 4 is 20.7 Å². The summed E-state index contributed by atoms with van der Waals surface area (Å²) in [6, 6.07) is 12.3. The molecule has 10 heteroatoms. The van der Waals surface area contributed by atoms with Gasteiger partial charge in [-0.05, 0) is 49.2 Å². The van der Waals surface area contributed by atoms with Gasteiger partial charge in [0, 0.05) is 41.3 Å². The largest absolute Gasteiger partial charge is 0.456 e. The average Bonchev–Trinajstić information content (AvgIpc) is 3.49. The van der Waals surface area contributed by atoms with Gasteiger partial charge in [0.15, 0.2) is 21.8 Å². The Labute approximate surface area is 200 Å². The fourth-order valence-corrected chi connectivity index (χ4v) is 4.72. The molecule has 0 fully saturated rings. The van der Waals surface area contributed by atoms with Crippen LogP contribution in [0.3, 0.4) is 0 Å². The van der Waals surface area contributed by atoms with Crippen molar-refractivity contribution in [1.29, 1.82) is 0 Å². The van der Waals surface area contributed by atoms with Gasteiger partial charge in [0.2, 0.25) is 0 Å². The van der Waals surface area contributed by atoms with Gasteiger partial charge < -0.3 is 18.8 Å². The Kier molecular flexibility index (Phi) is 5.32. The van der Waals surface area contributed by atoms with Gasteiger partial charge in [0.05, 0.1) is 10.6 Å². The Hall–Kier alpha value is -4.18. The lowest BCUT2D eigenvalue weighted by Gasteiger charge is -2.17. The first-order valence-corrected chi connectivity index (χ1v) is 12.6. The maximum Gasteiger partial charge on any atom is 0.274 e. The van der Waals surface area contributed by atoms with Gasteiger partial charge in [-0.3, -0.25) is 4.79 Å². The highest BCUT2D eigenvalue weighted by Gasteiger charge is 2.20. The molecule has 5 rings (SSSR count). The minimum atomic E-state index is -3.50. The summed E-state index contributed by atoms with van der Waals surface area (Å²) in [7, 11) is -1.87. The number of fused-ring (bicyclic) bond motifs is 1. The van der Waals surface area contributed by atoms with E-state index in [1.807, 2.05) is 32.0 Å². The fraction of sp³-hybridized carbons (Fsp3) is 0.160. The molecule has 0 bridgehead atoms. The zero-order valence-electron chi connectivity index (χ0n) is 19.5. The van der Waals surface area contributed by atoms with Crippen molar-refractivity contribution in [1.82, 2.24) is 19.9 Å². The first kappa shape index (κ1) is 22.6. The number of nitrogens with zero attached hydrogens (tertiary/aromatic N) is 3. The van der Waals surface area contributed by atoms with Crippen LogP contribution >= 0.6 is 0 Å². The summed E-state index contributed by atoms with van der Waals surface area (Å²) < 4.78 is 37.5. The lowest BCUT2D eigenvalue weighted by atomic mass is 10.0. The van der Waals surface area contributed by atoms with E-state index in [4.69, 9.17) is 9.26 Å². The molecule has 3 heterocycles. The monoisotopic (exact) mass is 490 g/mol. The molecule has 9 nitrogen and oxygen atoms in total. The summed E-state index contributed by atoms with van der Waals surface area (Å²) in [4.78, 5) is 16.2. The van der Waals surface area contributed by atoms with Gasteiger partial charge in [-0.25, -0.2) is 8.42 Å². The number of rotatable bonds is 5. The molecular weight excluding hydrogens is 468 g/mol. The number of pyridine rings is 1. The Balaban J connectivity index is 1.80. The van der Waals surface area contributed by atoms with Crippen molar-refractivity contribution in [3.05, 3.63) is 76.4 Å². The van der Waals surface area contributed by atoms with Crippen molar-refractivity contribution in [2.75, 3.05) is 6.26 Å². The predicted octanol–water partition coefficient (Wildman–Crippen LogP) is 4.40. The lowest BCUT2D eigenvalue weighted by Crippen LogP contribution is -2.16. The number of hydrogen-bond acceptors (Lipinski definition) is 7. The number of H-pyrrole nitrogens is 1. The number of para-hydroxylation sites is 1. The summed E-state index contributed by atoms with van der Waals surface area (Å²) in [5, 5.41) is 7.99. The molecule has 0 radical (unpaired) electrons. The van der Waals surface area contributed by atoms with Crippen molar-refractivity contribution in [2.24, 2.45) is 7.05 Å². The molecule has 178 valence electrons. The molecule has 0 aliphatic heterocycles. The molecule has 2 aromatic carbocycles. The van der Waals surface area contributed by atoms with E-state index in [1.54, 1.807) is 31.4 Å². The van der Waals surface area contributed by atoms with E-state index >= 15 is 0 Å². The molecule has 0 spiro atoms. The second-order valence-electron chi connectivity index (χ2n) is 8.47. The van der Waals surface area contributed by atoms with Crippen LogP contribution in [0.25, 0.3) is 33.4 Å². The van der Waals surface area contributed by atoms with Crippen molar-refractivity contribution in [3.63, 3.8) is 0 Å². The maximum atomic E-state index is 12.9. The molecule has 0 aliphatic rings. The fourth-order valence-electron chi connectivity index (χ4n) is 4.08. The van der Waals surface area contributed by atoms with Crippen LogP contribution in [0, 0.1) is 13.8 Å². The SMILES string of the molecule is Cc1cccc(C)c1Oc1ccc(S(C)(=O)=O)cc1-c1cn(C)c(=O)c2[nH]c(-c3conn3)cc12. The number of aryl methyl sites for hydroxylation is 3. The molecule has 0 unspecified atom stereocenters. The minimum absolute atomic E-state index is 0.139. The number of hydrogen-bond donors (Lipinski definition) is 1. The topological polar surface area (TPSA) is 120 Å². The lowest BCUT2D eigenvalue weighted by molar-refractivity contribution is 0.393. The zero-order chi connectivity index (χ0) is 24.9. The summed E-state index contributed by atoms with van der Waals surface area (Å²) in [6.07, 6.45) is 4.19. The second-order valence-corrected chi connectivity index (χ2v) is 10.5. The number of ether oxygens (including phenoxy) is 1. The molecule has 0 amide bonds. The van der Waals surface area contributed by atoms with Crippen LogP contribution in [0.4, 0.5) is 0 Å². The number of aromatic nitrogens is 4. The van der Waals surface area contributed by atoms with Crippen LogP contribution in [0.15, 0.2) is 69.1 Å². The summed E-state index contributed by atoms with van der Waals surface area (Å²) in [6.45, 7) is 3.89.